The molecule has 0 bridgehead atoms. The monoisotopic (exact) mass is 272 g/mol. The van der Waals surface area contributed by atoms with Crippen LogP contribution in [-0.4, -0.2) is 23.0 Å². The van der Waals surface area contributed by atoms with Gasteiger partial charge in [0.2, 0.25) is 0 Å². The number of pyridine rings is 1. The Balaban J connectivity index is 2.04. The van der Waals surface area contributed by atoms with Crippen molar-refractivity contribution in [3.63, 3.8) is 0 Å². The zero-order valence-corrected chi connectivity index (χ0v) is 11.8. The molecule has 0 spiro atoms. The van der Waals surface area contributed by atoms with Gasteiger partial charge in [0.1, 0.15) is 5.15 Å². The Morgan fingerprint density at radius 1 is 1.29 bits per heavy atom. The number of piperidine rings is 1. The first-order chi connectivity index (χ1) is 8.04. The molecule has 94 valence electrons. The minimum atomic E-state index is 0.458. The minimum absolute atomic E-state index is 0.458. The molecule has 1 aliphatic rings. The van der Waals surface area contributed by atoms with E-state index in [9.17, 15) is 0 Å². The highest BCUT2D eigenvalue weighted by Gasteiger charge is 2.22. The van der Waals surface area contributed by atoms with Crippen molar-refractivity contribution in [2.24, 2.45) is 11.8 Å². The van der Waals surface area contributed by atoms with E-state index in [-0.39, 0.29) is 0 Å². The van der Waals surface area contributed by atoms with E-state index in [0.29, 0.717) is 5.15 Å². The Labute approximate surface area is 113 Å². The van der Waals surface area contributed by atoms with Crippen LogP contribution >= 0.6 is 23.2 Å². The molecule has 0 amide bonds. The molecule has 2 rings (SSSR count). The van der Waals surface area contributed by atoms with Crippen molar-refractivity contribution in [3.05, 3.63) is 28.0 Å². The van der Waals surface area contributed by atoms with Gasteiger partial charge in [0.15, 0.2) is 0 Å². The van der Waals surface area contributed by atoms with Gasteiger partial charge < -0.3 is 0 Å². The van der Waals surface area contributed by atoms with Crippen molar-refractivity contribution in [3.8, 4) is 0 Å². The van der Waals surface area contributed by atoms with E-state index < -0.39 is 0 Å². The third-order valence-electron chi connectivity index (χ3n) is 3.23. The fraction of sp³-hybridized carbons (Fsp3) is 0.615. The van der Waals surface area contributed by atoms with Gasteiger partial charge in [-0.05, 0) is 24.3 Å². The van der Waals surface area contributed by atoms with E-state index in [0.717, 1.165) is 42.1 Å². The molecule has 2 nitrogen and oxygen atoms in total. The van der Waals surface area contributed by atoms with E-state index in [2.05, 4.69) is 23.7 Å². The first-order valence-corrected chi connectivity index (χ1v) is 6.82. The Kier molecular flexibility index (Phi) is 4.29. The number of rotatable bonds is 2. The average molecular weight is 273 g/mol. The van der Waals surface area contributed by atoms with Crippen LogP contribution in [0.2, 0.25) is 10.2 Å². The van der Waals surface area contributed by atoms with Crippen LogP contribution in [-0.2, 0) is 6.54 Å². The quantitative estimate of drug-likeness (QED) is 0.760. The van der Waals surface area contributed by atoms with Gasteiger partial charge in [0.25, 0.3) is 0 Å². The van der Waals surface area contributed by atoms with Crippen molar-refractivity contribution in [1.82, 2.24) is 9.88 Å². The zero-order chi connectivity index (χ0) is 12.4. The number of aromatic nitrogens is 1. The maximum absolute atomic E-state index is 6.17. The molecule has 1 aromatic rings. The van der Waals surface area contributed by atoms with Crippen LogP contribution in [0.4, 0.5) is 0 Å². The standard InChI is InChI=1S/C13H18Cl2N2/c1-9-3-10(2)7-17(6-9)8-11-5-16-13(15)4-12(11)14/h4-5,9-10H,3,6-8H2,1-2H3. The lowest BCUT2D eigenvalue weighted by Crippen LogP contribution is -2.38. The van der Waals surface area contributed by atoms with Crippen molar-refractivity contribution >= 4 is 23.2 Å². The second-order valence-electron chi connectivity index (χ2n) is 5.24. The lowest BCUT2D eigenvalue weighted by molar-refractivity contribution is 0.134. The summed E-state index contributed by atoms with van der Waals surface area (Å²) >= 11 is 12.0. The van der Waals surface area contributed by atoms with E-state index in [1.165, 1.54) is 6.42 Å². The molecule has 0 radical (unpaired) electrons. The predicted octanol–water partition coefficient (Wildman–Crippen LogP) is 3.87. The molecule has 0 aliphatic carbocycles. The number of halogens is 2. The summed E-state index contributed by atoms with van der Waals surface area (Å²) in [6.07, 6.45) is 3.11. The minimum Gasteiger partial charge on any atom is -0.298 e. The lowest BCUT2D eigenvalue weighted by Gasteiger charge is -2.35. The fourth-order valence-corrected chi connectivity index (χ4v) is 3.14. The molecule has 0 saturated carbocycles. The van der Waals surface area contributed by atoms with Gasteiger partial charge in [-0.3, -0.25) is 4.90 Å². The molecule has 1 saturated heterocycles. The highest BCUT2D eigenvalue weighted by molar-refractivity contribution is 6.34. The van der Waals surface area contributed by atoms with E-state index in [1.54, 1.807) is 12.3 Å². The van der Waals surface area contributed by atoms with Crippen LogP contribution in [0.25, 0.3) is 0 Å². The number of likely N-dealkylation sites (tertiary alicyclic amines) is 1. The first kappa shape index (κ1) is 13.1. The van der Waals surface area contributed by atoms with Crippen LogP contribution in [0, 0.1) is 11.8 Å². The normalized spacial score (nSPS) is 26.1. The van der Waals surface area contributed by atoms with Crippen molar-refractivity contribution in [2.45, 2.75) is 26.8 Å². The largest absolute Gasteiger partial charge is 0.298 e. The van der Waals surface area contributed by atoms with Crippen LogP contribution in [0.1, 0.15) is 25.8 Å². The number of nitrogens with zero attached hydrogens (tertiary/aromatic N) is 2. The van der Waals surface area contributed by atoms with Crippen LogP contribution in [0.3, 0.4) is 0 Å². The first-order valence-electron chi connectivity index (χ1n) is 6.07. The molecule has 1 aromatic heterocycles. The van der Waals surface area contributed by atoms with Crippen LogP contribution in [0.5, 0.6) is 0 Å². The summed E-state index contributed by atoms with van der Waals surface area (Å²) < 4.78 is 0. The van der Waals surface area contributed by atoms with Gasteiger partial charge in [0, 0.05) is 36.4 Å². The summed E-state index contributed by atoms with van der Waals surface area (Å²) in [4.78, 5) is 6.55. The summed E-state index contributed by atoms with van der Waals surface area (Å²) in [7, 11) is 0. The molecule has 0 N–H and O–H groups in total. The molecule has 0 aromatic carbocycles. The Morgan fingerprint density at radius 3 is 2.53 bits per heavy atom. The maximum atomic E-state index is 6.17. The number of hydrogen-bond acceptors (Lipinski definition) is 2. The van der Waals surface area contributed by atoms with E-state index >= 15 is 0 Å². The Bertz CT molecular complexity index is 385. The highest BCUT2D eigenvalue weighted by atomic mass is 35.5. The average Bonchev–Trinajstić information content (AvgIpc) is 2.21. The molecule has 2 heterocycles. The predicted molar refractivity (Wildman–Crippen MR) is 72.5 cm³/mol. The van der Waals surface area contributed by atoms with Crippen LogP contribution in [0.15, 0.2) is 12.3 Å². The number of hydrogen-bond donors (Lipinski definition) is 0. The van der Waals surface area contributed by atoms with Crippen molar-refractivity contribution < 1.29 is 0 Å². The van der Waals surface area contributed by atoms with Gasteiger partial charge in [-0.1, -0.05) is 37.0 Å². The van der Waals surface area contributed by atoms with Gasteiger partial charge in [-0.25, -0.2) is 4.98 Å². The lowest BCUT2D eigenvalue weighted by atomic mass is 9.92. The van der Waals surface area contributed by atoms with E-state index in [1.807, 2.05) is 0 Å². The maximum Gasteiger partial charge on any atom is 0.130 e. The molecule has 4 heteroatoms. The molecule has 1 fully saturated rings. The molecule has 1 aliphatic heterocycles. The Morgan fingerprint density at radius 2 is 1.94 bits per heavy atom. The molecular formula is C13H18Cl2N2. The Hall–Kier alpha value is -0.310. The SMILES string of the molecule is CC1CC(C)CN(Cc2cnc(Cl)cc2Cl)C1. The summed E-state index contributed by atoms with van der Waals surface area (Å²) in [5.74, 6) is 1.52. The summed E-state index contributed by atoms with van der Waals surface area (Å²) in [6.45, 7) is 7.78. The summed E-state index contributed by atoms with van der Waals surface area (Å²) in [5, 5.41) is 1.18. The third-order valence-corrected chi connectivity index (χ3v) is 3.79. The van der Waals surface area contributed by atoms with Gasteiger partial charge >= 0.3 is 0 Å². The molecule has 2 atom stereocenters. The van der Waals surface area contributed by atoms with Crippen molar-refractivity contribution in [1.29, 1.82) is 0 Å². The smallest absolute Gasteiger partial charge is 0.130 e. The summed E-state index contributed by atoms with van der Waals surface area (Å²) in [5.41, 5.74) is 1.07. The fourth-order valence-electron chi connectivity index (χ4n) is 2.71. The van der Waals surface area contributed by atoms with Gasteiger partial charge in [-0.15, -0.1) is 0 Å². The molecule has 2 unspecified atom stereocenters. The van der Waals surface area contributed by atoms with Crippen LogP contribution < -0.4 is 0 Å². The second kappa shape index (κ2) is 5.55. The van der Waals surface area contributed by atoms with Gasteiger partial charge in [-0.2, -0.15) is 0 Å². The third kappa shape index (κ3) is 3.57. The van der Waals surface area contributed by atoms with E-state index in [4.69, 9.17) is 23.2 Å². The second-order valence-corrected chi connectivity index (χ2v) is 6.03. The molecule has 17 heavy (non-hydrogen) atoms. The van der Waals surface area contributed by atoms with Crippen molar-refractivity contribution in [2.75, 3.05) is 13.1 Å². The molecular weight excluding hydrogens is 255 g/mol. The van der Waals surface area contributed by atoms with Gasteiger partial charge in [0.05, 0.1) is 0 Å². The highest BCUT2D eigenvalue weighted by Crippen LogP contribution is 2.25. The summed E-state index contributed by atoms with van der Waals surface area (Å²) in [6, 6.07) is 1.72. The topological polar surface area (TPSA) is 16.1 Å². The zero-order valence-electron chi connectivity index (χ0n) is 10.3.